The van der Waals surface area contributed by atoms with E-state index >= 15 is 0 Å². The van der Waals surface area contributed by atoms with Crippen molar-refractivity contribution in [2.45, 2.75) is 10.2 Å². The van der Waals surface area contributed by atoms with E-state index in [-0.39, 0.29) is 0 Å². The molecule has 1 aromatic carbocycles. The molecule has 2 aromatic heterocycles. The van der Waals surface area contributed by atoms with E-state index in [4.69, 9.17) is 14.4 Å². The lowest BCUT2D eigenvalue weighted by molar-refractivity contribution is 0.414. The molecule has 0 bridgehead atoms. The molecule has 0 aliphatic carbocycles. The highest BCUT2D eigenvalue weighted by atomic mass is 32.2. The molecule has 0 aliphatic heterocycles. The Balaban J connectivity index is 1.76. The minimum absolute atomic E-state index is 0.392. The van der Waals surface area contributed by atoms with Crippen LogP contribution in [0.2, 0.25) is 0 Å². The molecule has 0 saturated heterocycles. The molecule has 0 N–H and O–H groups in total. The second-order valence-corrected chi connectivity index (χ2v) is 5.17. The molecule has 3 aromatic rings. The van der Waals surface area contributed by atoms with Gasteiger partial charge < -0.3 is 9.15 Å². The van der Waals surface area contributed by atoms with Gasteiger partial charge in [-0.25, -0.2) is 4.98 Å². The average Bonchev–Trinajstić information content (AvgIpc) is 3.04. The maximum atomic E-state index is 8.74. The second-order valence-electron chi connectivity index (χ2n) is 4.20. The predicted octanol–water partition coefficient (Wildman–Crippen LogP) is 3.16. The zero-order chi connectivity index (χ0) is 15.4. The van der Waals surface area contributed by atoms with Crippen LogP contribution in [-0.4, -0.2) is 22.3 Å². The third-order valence-corrected chi connectivity index (χ3v) is 3.59. The van der Waals surface area contributed by atoms with E-state index in [0.29, 0.717) is 21.7 Å². The van der Waals surface area contributed by atoms with Gasteiger partial charge in [0.1, 0.15) is 16.8 Å². The second kappa shape index (κ2) is 6.28. The SMILES string of the molecule is COc1ccc(-c2nnc(Sc3ccc(C#N)cn3)o2)cc1. The molecule has 0 amide bonds. The molecule has 6 nitrogen and oxygen atoms in total. The lowest BCUT2D eigenvalue weighted by atomic mass is 10.2. The number of hydrogen-bond acceptors (Lipinski definition) is 7. The zero-order valence-corrected chi connectivity index (χ0v) is 12.4. The molecule has 0 unspecified atom stereocenters. The van der Waals surface area contributed by atoms with Crippen molar-refractivity contribution in [3.8, 4) is 23.3 Å². The molecule has 0 spiro atoms. The number of nitriles is 1. The number of nitrogens with zero attached hydrogens (tertiary/aromatic N) is 4. The van der Waals surface area contributed by atoms with Gasteiger partial charge in [-0.3, -0.25) is 0 Å². The van der Waals surface area contributed by atoms with E-state index < -0.39 is 0 Å². The van der Waals surface area contributed by atoms with E-state index in [1.165, 1.54) is 18.0 Å². The molecule has 0 atom stereocenters. The van der Waals surface area contributed by atoms with Gasteiger partial charge in [0.2, 0.25) is 5.89 Å². The van der Waals surface area contributed by atoms with Gasteiger partial charge in [-0.05, 0) is 48.2 Å². The van der Waals surface area contributed by atoms with Gasteiger partial charge >= 0.3 is 0 Å². The van der Waals surface area contributed by atoms with E-state index in [9.17, 15) is 0 Å². The topological polar surface area (TPSA) is 84.8 Å². The number of benzene rings is 1. The van der Waals surface area contributed by atoms with Crippen LogP contribution in [-0.2, 0) is 0 Å². The average molecular weight is 310 g/mol. The van der Waals surface area contributed by atoms with Gasteiger partial charge in [0.15, 0.2) is 0 Å². The van der Waals surface area contributed by atoms with Crippen LogP contribution in [0.5, 0.6) is 5.75 Å². The van der Waals surface area contributed by atoms with Crippen molar-refractivity contribution in [2.75, 3.05) is 7.11 Å². The zero-order valence-electron chi connectivity index (χ0n) is 11.6. The molecule has 7 heteroatoms. The van der Waals surface area contributed by atoms with E-state index in [0.717, 1.165) is 11.3 Å². The van der Waals surface area contributed by atoms with Crippen LogP contribution in [0.25, 0.3) is 11.5 Å². The number of rotatable bonds is 4. The summed E-state index contributed by atoms with van der Waals surface area (Å²) in [4.78, 5) is 4.15. The maximum absolute atomic E-state index is 8.74. The molecular formula is C15H10N4O2S. The number of ether oxygens (including phenoxy) is 1. The Hall–Kier alpha value is -2.85. The van der Waals surface area contributed by atoms with Gasteiger partial charge in [0, 0.05) is 11.8 Å². The lowest BCUT2D eigenvalue weighted by Gasteiger charge is -1.99. The highest BCUT2D eigenvalue weighted by molar-refractivity contribution is 7.99. The smallest absolute Gasteiger partial charge is 0.283 e. The highest BCUT2D eigenvalue weighted by Crippen LogP contribution is 2.28. The Labute approximate surface area is 130 Å². The number of hydrogen-bond donors (Lipinski definition) is 0. The van der Waals surface area contributed by atoms with Gasteiger partial charge in [0.25, 0.3) is 5.22 Å². The molecule has 0 radical (unpaired) electrons. The first kappa shape index (κ1) is 14.1. The van der Waals surface area contributed by atoms with Crippen molar-refractivity contribution < 1.29 is 9.15 Å². The highest BCUT2D eigenvalue weighted by Gasteiger charge is 2.10. The summed E-state index contributed by atoms with van der Waals surface area (Å²) in [5.74, 6) is 1.19. The molecule has 2 heterocycles. The first-order chi connectivity index (χ1) is 10.8. The van der Waals surface area contributed by atoms with E-state index in [1.807, 2.05) is 30.3 Å². The van der Waals surface area contributed by atoms with Crippen molar-refractivity contribution in [1.29, 1.82) is 5.26 Å². The van der Waals surface area contributed by atoms with Crippen LogP contribution >= 0.6 is 11.8 Å². The third kappa shape index (κ3) is 3.07. The molecule has 3 rings (SSSR count). The Morgan fingerprint density at radius 2 is 1.95 bits per heavy atom. The molecule has 0 aliphatic rings. The Bertz CT molecular complexity index is 807. The van der Waals surface area contributed by atoms with Crippen molar-refractivity contribution >= 4 is 11.8 Å². The van der Waals surface area contributed by atoms with E-state index in [2.05, 4.69) is 15.2 Å². The number of aromatic nitrogens is 3. The fourth-order valence-electron chi connectivity index (χ4n) is 1.70. The summed E-state index contributed by atoms with van der Waals surface area (Å²) in [5, 5.41) is 17.8. The van der Waals surface area contributed by atoms with Crippen LogP contribution in [0, 0.1) is 11.3 Å². The van der Waals surface area contributed by atoms with Gasteiger partial charge in [-0.15, -0.1) is 10.2 Å². The summed E-state index contributed by atoms with van der Waals surface area (Å²) in [6, 6.07) is 12.8. The third-order valence-electron chi connectivity index (χ3n) is 2.80. The van der Waals surface area contributed by atoms with Crippen LogP contribution < -0.4 is 4.74 Å². The van der Waals surface area contributed by atoms with Crippen molar-refractivity contribution in [2.24, 2.45) is 0 Å². The molecule has 108 valence electrons. The Kier molecular flexibility index (Phi) is 4.03. The first-order valence-corrected chi connectivity index (χ1v) is 7.12. The Morgan fingerprint density at radius 3 is 2.59 bits per heavy atom. The normalized spacial score (nSPS) is 10.2. The Morgan fingerprint density at radius 1 is 1.14 bits per heavy atom. The summed E-state index contributed by atoms with van der Waals surface area (Å²) >= 11 is 1.24. The fourth-order valence-corrected chi connectivity index (χ4v) is 2.32. The standard InChI is InChI=1S/C15H10N4O2S/c1-20-12-5-3-11(4-6-12)14-18-19-15(21-14)22-13-7-2-10(8-16)9-17-13/h2-7,9H,1H3. The largest absolute Gasteiger partial charge is 0.497 e. The minimum Gasteiger partial charge on any atom is -0.497 e. The van der Waals surface area contributed by atoms with Crippen LogP contribution in [0.1, 0.15) is 5.56 Å². The molecule has 0 saturated carbocycles. The number of pyridine rings is 1. The first-order valence-electron chi connectivity index (χ1n) is 6.30. The summed E-state index contributed by atoms with van der Waals surface area (Å²) in [6.45, 7) is 0. The monoisotopic (exact) mass is 310 g/mol. The minimum atomic E-state index is 0.392. The maximum Gasteiger partial charge on any atom is 0.283 e. The summed E-state index contributed by atoms with van der Waals surface area (Å²) in [6.07, 6.45) is 1.50. The summed E-state index contributed by atoms with van der Waals surface area (Å²) < 4.78 is 10.7. The van der Waals surface area contributed by atoms with Crippen molar-refractivity contribution in [3.63, 3.8) is 0 Å². The van der Waals surface area contributed by atoms with Crippen LogP contribution in [0.4, 0.5) is 0 Å². The van der Waals surface area contributed by atoms with Gasteiger partial charge in [0.05, 0.1) is 12.7 Å². The predicted molar refractivity (Wildman–Crippen MR) is 79.4 cm³/mol. The van der Waals surface area contributed by atoms with Gasteiger partial charge in [-0.2, -0.15) is 5.26 Å². The van der Waals surface area contributed by atoms with E-state index in [1.54, 1.807) is 19.2 Å². The lowest BCUT2D eigenvalue weighted by Crippen LogP contribution is -1.82. The molecular weight excluding hydrogens is 300 g/mol. The quantitative estimate of drug-likeness (QED) is 0.731. The summed E-state index contributed by atoms with van der Waals surface area (Å²) in [7, 11) is 1.61. The van der Waals surface area contributed by atoms with Gasteiger partial charge in [-0.1, -0.05) is 0 Å². The fraction of sp³-hybridized carbons (Fsp3) is 0.0667. The molecule has 22 heavy (non-hydrogen) atoms. The van der Waals surface area contributed by atoms with Crippen molar-refractivity contribution in [1.82, 2.24) is 15.2 Å². The molecule has 0 fully saturated rings. The van der Waals surface area contributed by atoms with Crippen LogP contribution in [0.3, 0.4) is 0 Å². The van der Waals surface area contributed by atoms with Crippen LogP contribution in [0.15, 0.2) is 57.3 Å². The summed E-state index contributed by atoms with van der Waals surface area (Å²) in [5.41, 5.74) is 1.32. The van der Waals surface area contributed by atoms with Crippen molar-refractivity contribution in [3.05, 3.63) is 48.2 Å². The number of methoxy groups -OCH3 is 1.